The van der Waals surface area contributed by atoms with E-state index >= 15 is 0 Å². The summed E-state index contributed by atoms with van der Waals surface area (Å²) in [5, 5.41) is 0. The molecule has 0 unspecified atom stereocenters. The van der Waals surface area contributed by atoms with Crippen molar-refractivity contribution in [1.82, 2.24) is 14.9 Å². The zero-order chi connectivity index (χ0) is 22.9. The molecular weight excluding hydrogens is 412 g/mol. The van der Waals surface area contributed by atoms with Gasteiger partial charge in [0.25, 0.3) is 0 Å². The zero-order valence-corrected chi connectivity index (χ0v) is 19.5. The normalized spacial score (nSPS) is 17.2. The van der Waals surface area contributed by atoms with E-state index in [0.717, 1.165) is 47.2 Å². The number of rotatable bonds is 6. The molecule has 1 atom stereocenters. The van der Waals surface area contributed by atoms with E-state index in [4.69, 9.17) is 14.7 Å². The average molecular weight is 443 g/mol. The van der Waals surface area contributed by atoms with Crippen molar-refractivity contribution in [3.63, 3.8) is 0 Å². The summed E-state index contributed by atoms with van der Waals surface area (Å²) in [6, 6.07) is 16.5. The van der Waals surface area contributed by atoms with Crippen LogP contribution >= 0.6 is 0 Å². The van der Waals surface area contributed by atoms with E-state index in [1.165, 1.54) is 11.1 Å². The summed E-state index contributed by atoms with van der Waals surface area (Å²) in [6.45, 7) is 6.09. The van der Waals surface area contributed by atoms with E-state index in [-0.39, 0.29) is 12.0 Å². The maximum atomic E-state index is 12.8. The molecule has 33 heavy (non-hydrogen) atoms. The van der Waals surface area contributed by atoms with Crippen molar-refractivity contribution < 1.29 is 9.53 Å². The lowest BCUT2D eigenvalue weighted by molar-refractivity contribution is -0.119. The molecule has 0 aliphatic carbocycles. The number of anilines is 1. The van der Waals surface area contributed by atoms with Crippen LogP contribution in [0.2, 0.25) is 0 Å². The third kappa shape index (κ3) is 4.62. The standard InChI is InChI=1S/C27H30N4O2/c1-18-13-22-14-21(9-11-24(22)33-18)15-30(3)17-25-28-19(2)23-10-12-26(32)31(27(23)29-25)16-20-7-5-4-6-8-20/h4-9,11,14,18H,10,12-13,15-17H2,1-3H3/t18-/m0/s1. The Bertz CT molecular complexity index is 1180. The van der Waals surface area contributed by atoms with Gasteiger partial charge in [-0.2, -0.15) is 0 Å². The van der Waals surface area contributed by atoms with Crippen molar-refractivity contribution in [3.8, 4) is 5.75 Å². The van der Waals surface area contributed by atoms with Gasteiger partial charge in [0, 0.05) is 30.6 Å². The first-order chi connectivity index (χ1) is 16.0. The number of carbonyl (C=O) groups excluding carboxylic acids is 1. The highest BCUT2D eigenvalue weighted by Crippen LogP contribution is 2.31. The van der Waals surface area contributed by atoms with Crippen molar-refractivity contribution >= 4 is 11.7 Å². The van der Waals surface area contributed by atoms with Gasteiger partial charge in [-0.25, -0.2) is 9.97 Å². The number of ether oxygens (including phenoxy) is 1. The van der Waals surface area contributed by atoms with Gasteiger partial charge in [0.15, 0.2) is 0 Å². The van der Waals surface area contributed by atoms with Crippen LogP contribution in [-0.4, -0.2) is 33.9 Å². The predicted octanol–water partition coefficient (Wildman–Crippen LogP) is 4.22. The second-order valence-electron chi connectivity index (χ2n) is 9.24. The van der Waals surface area contributed by atoms with Crippen LogP contribution in [0.3, 0.4) is 0 Å². The molecule has 1 aromatic heterocycles. The molecule has 0 bridgehead atoms. The van der Waals surface area contributed by atoms with Gasteiger partial charge in [0.05, 0.1) is 13.1 Å². The topological polar surface area (TPSA) is 58.6 Å². The third-order valence-electron chi connectivity index (χ3n) is 6.39. The fraction of sp³-hybridized carbons (Fsp3) is 0.370. The minimum atomic E-state index is 0.123. The molecule has 0 radical (unpaired) electrons. The summed E-state index contributed by atoms with van der Waals surface area (Å²) in [7, 11) is 2.08. The fourth-order valence-electron chi connectivity index (χ4n) is 4.82. The Balaban J connectivity index is 1.35. The van der Waals surface area contributed by atoms with Crippen molar-refractivity contribution in [1.29, 1.82) is 0 Å². The molecule has 2 aliphatic rings. The number of hydrogen-bond acceptors (Lipinski definition) is 5. The van der Waals surface area contributed by atoms with Crippen molar-refractivity contribution in [2.45, 2.75) is 58.8 Å². The minimum Gasteiger partial charge on any atom is -0.490 e. The number of amides is 1. The van der Waals surface area contributed by atoms with Crippen LogP contribution in [0.5, 0.6) is 5.75 Å². The molecule has 3 heterocycles. The highest BCUT2D eigenvalue weighted by Gasteiger charge is 2.28. The Morgan fingerprint density at radius 2 is 1.88 bits per heavy atom. The highest BCUT2D eigenvalue weighted by molar-refractivity contribution is 5.95. The quantitative estimate of drug-likeness (QED) is 0.572. The number of benzene rings is 2. The van der Waals surface area contributed by atoms with Gasteiger partial charge < -0.3 is 4.74 Å². The lowest BCUT2D eigenvalue weighted by atomic mass is 10.0. The molecule has 2 aliphatic heterocycles. The monoisotopic (exact) mass is 442 g/mol. The number of aromatic nitrogens is 2. The summed E-state index contributed by atoms with van der Waals surface area (Å²) >= 11 is 0. The van der Waals surface area contributed by atoms with Gasteiger partial charge in [-0.1, -0.05) is 42.5 Å². The van der Waals surface area contributed by atoms with Gasteiger partial charge in [0.1, 0.15) is 23.5 Å². The van der Waals surface area contributed by atoms with E-state index in [1.54, 1.807) is 0 Å². The Morgan fingerprint density at radius 3 is 2.70 bits per heavy atom. The number of nitrogens with zero attached hydrogens (tertiary/aromatic N) is 4. The van der Waals surface area contributed by atoms with Gasteiger partial charge >= 0.3 is 0 Å². The van der Waals surface area contributed by atoms with Crippen LogP contribution in [0.15, 0.2) is 48.5 Å². The van der Waals surface area contributed by atoms with Gasteiger partial charge in [-0.3, -0.25) is 14.6 Å². The Morgan fingerprint density at radius 1 is 1.06 bits per heavy atom. The summed E-state index contributed by atoms with van der Waals surface area (Å²) in [6.07, 6.45) is 2.42. The van der Waals surface area contributed by atoms with Gasteiger partial charge in [-0.15, -0.1) is 0 Å². The molecule has 170 valence electrons. The molecule has 3 aromatic rings. The highest BCUT2D eigenvalue weighted by atomic mass is 16.5. The summed E-state index contributed by atoms with van der Waals surface area (Å²) in [5.41, 5.74) is 5.69. The Kier molecular flexibility index (Phi) is 5.85. The van der Waals surface area contributed by atoms with Gasteiger partial charge in [0.2, 0.25) is 5.91 Å². The zero-order valence-electron chi connectivity index (χ0n) is 19.5. The number of carbonyl (C=O) groups is 1. The first-order valence-electron chi connectivity index (χ1n) is 11.6. The maximum absolute atomic E-state index is 12.8. The lowest BCUT2D eigenvalue weighted by Crippen LogP contribution is -2.36. The summed E-state index contributed by atoms with van der Waals surface area (Å²) in [5.74, 6) is 2.65. The molecular formula is C27H30N4O2. The fourth-order valence-corrected chi connectivity index (χ4v) is 4.82. The van der Waals surface area contributed by atoms with Crippen molar-refractivity contribution in [2.75, 3.05) is 11.9 Å². The van der Waals surface area contributed by atoms with Crippen molar-refractivity contribution in [3.05, 3.63) is 82.3 Å². The second kappa shape index (κ2) is 8.94. The molecule has 6 heteroatoms. The molecule has 0 saturated carbocycles. The molecule has 0 fully saturated rings. The van der Waals surface area contributed by atoms with Crippen LogP contribution in [-0.2, 0) is 37.3 Å². The third-order valence-corrected chi connectivity index (χ3v) is 6.39. The predicted molar refractivity (Wildman–Crippen MR) is 128 cm³/mol. The smallest absolute Gasteiger partial charge is 0.228 e. The first kappa shape index (κ1) is 21.6. The molecule has 2 aromatic carbocycles. The van der Waals surface area contributed by atoms with Crippen LogP contribution in [0.1, 0.15) is 47.1 Å². The molecule has 0 N–H and O–H groups in total. The largest absolute Gasteiger partial charge is 0.490 e. The number of fused-ring (bicyclic) bond motifs is 2. The summed E-state index contributed by atoms with van der Waals surface area (Å²) in [4.78, 5) is 26.5. The van der Waals surface area contributed by atoms with E-state index < -0.39 is 0 Å². The van der Waals surface area contributed by atoms with E-state index in [2.05, 4.69) is 37.1 Å². The van der Waals surface area contributed by atoms with Gasteiger partial charge in [-0.05, 0) is 50.1 Å². The molecule has 1 amide bonds. The minimum absolute atomic E-state index is 0.123. The van der Waals surface area contributed by atoms with E-state index in [9.17, 15) is 4.79 Å². The van der Waals surface area contributed by atoms with Crippen LogP contribution < -0.4 is 9.64 Å². The van der Waals surface area contributed by atoms with E-state index in [0.29, 0.717) is 25.9 Å². The second-order valence-corrected chi connectivity index (χ2v) is 9.24. The van der Waals surface area contributed by atoms with Crippen LogP contribution in [0, 0.1) is 6.92 Å². The van der Waals surface area contributed by atoms with E-state index in [1.807, 2.05) is 42.2 Å². The van der Waals surface area contributed by atoms with Crippen molar-refractivity contribution in [2.24, 2.45) is 0 Å². The van der Waals surface area contributed by atoms with Crippen LogP contribution in [0.4, 0.5) is 5.82 Å². The Labute approximate surface area is 195 Å². The first-order valence-corrected chi connectivity index (χ1v) is 11.6. The molecule has 0 saturated heterocycles. The molecule has 0 spiro atoms. The Hall–Kier alpha value is -3.25. The SMILES string of the molecule is Cc1nc(CN(C)Cc2ccc3c(c2)C[C@H](C)O3)nc2c1CCC(=O)N2Cc1ccccc1. The molecule has 6 nitrogen and oxygen atoms in total. The van der Waals surface area contributed by atoms with Crippen LogP contribution in [0.25, 0.3) is 0 Å². The maximum Gasteiger partial charge on any atom is 0.228 e. The number of hydrogen-bond donors (Lipinski definition) is 0. The number of aryl methyl sites for hydroxylation is 1. The average Bonchev–Trinajstić information content (AvgIpc) is 3.15. The lowest BCUT2D eigenvalue weighted by Gasteiger charge is -2.30. The molecule has 5 rings (SSSR count). The summed E-state index contributed by atoms with van der Waals surface area (Å²) < 4.78 is 5.82.